The number of hydrogen-bond acceptors (Lipinski definition) is 8. The van der Waals surface area contributed by atoms with Gasteiger partial charge >= 0.3 is 18.1 Å². The smallest absolute Gasteiger partial charge is 0.430 e. The standard InChI is InChI=1S/C19H19ClF3NO8/c1-9(30-15(25)8-29-24(27)28)31-17(26)11-5-10-6-13(20)12(18(2,3)4)7-14(10)32-16(11)19(21,22)23/h5-7,9,16H,8H2,1-4H3/t9-,16?/m1/s1. The molecule has 2 atom stereocenters. The van der Waals surface area contributed by atoms with Crippen molar-refractivity contribution in [3.63, 3.8) is 0 Å². The summed E-state index contributed by atoms with van der Waals surface area (Å²) in [6, 6.07) is 2.75. The highest BCUT2D eigenvalue weighted by molar-refractivity contribution is 6.31. The van der Waals surface area contributed by atoms with Crippen LogP contribution < -0.4 is 4.74 Å². The van der Waals surface area contributed by atoms with Crippen molar-refractivity contribution in [3.8, 4) is 5.75 Å². The summed E-state index contributed by atoms with van der Waals surface area (Å²) in [4.78, 5) is 37.6. The van der Waals surface area contributed by atoms with Gasteiger partial charge < -0.3 is 19.0 Å². The topological polar surface area (TPSA) is 114 Å². The van der Waals surface area contributed by atoms with E-state index < -0.39 is 53.2 Å². The molecule has 0 saturated carbocycles. The van der Waals surface area contributed by atoms with Crippen molar-refractivity contribution >= 4 is 29.6 Å². The third-order valence-corrected chi connectivity index (χ3v) is 4.45. The van der Waals surface area contributed by atoms with Gasteiger partial charge in [-0.05, 0) is 29.2 Å². The van der Waals surface area contributed by atoms with Gasteiger partial charge in [0, 0.05) is 17.5 Å². The van der Waals surface area contributed by atoms with Crippen molar-refractivity contribution < 1.29 is 46.9 Å². The Bertz CT molecular complexity index is 955. The normalized spacial score (nSPS) is 16.8. The minimum atomic E-state index is -4.97. The van der Waals surface area contributed by atoms with Crippen molar-refractivity contribution in [2.24, 2.45) is 0 Å². The molecular formula is C19H19ClF3NO8. The molecule has 0 saturated heterocycles. The van der Waals surface area contributed by atoms with E-state index in [1.807, 2.05) is 20.8 Å². The Morgan fingerprint density at radius 2 is 1.88 bits per heavy atom. The van der Waals surface area contributed by atoms with E-state index in [9.17, 15) is 32.9 Å². The molecule has 0 N–H and O–H groups in total. The molecule has 0 aliphatic carbocycles. The molecular weight excluding hydrogens is 463 g/mol. The zero-order chi connectivity index (χ0) is 24.4. The van der Waals surface area contributed by atoms with Crippen LogP contribution in [0.5, 0.6) is 5.75 Å². The molecule has 32 heavy (non-hydrogen) atoms. The summed E-state index contributed by atoms with van der Waals surface area (Å²) in [6.45, 7) is 5.41. The molecule has 2 rings (SSSR count). The van der Waals surface area contributed by atoms with Crippen LogP contribution in [0, 0.1) is 10.1 Å². The van der Waals surface area contributed by atoms with Crippen LogP contribution >= 0.6 is 11.6 Å². The molecule has 9 nitrogen and oxygen atoms in total. The number of carbonyl (C=O) groups is 2. The summed E-state index contributed by atoms with van der Waals surface area (Å²) in [5.41, 5.74) is -0.700. The van der Waals surface area contributed by atoms with E-state index in [2.05, 4.69) is 9.57 Å². The fourth-order valence-corrected chi connectivity index (χ4v) is 3.22. The number of esters is 2. The fraction of sp³-hybridized carbons (Fsp3) is 0.474. The Morgan fingerprint density at radius 3 is 2.41 bits per heavy atom. The lowest BCUT2D eigenvalue weighted by Crippen LogP contribution is -2.41. The van der Waals surface area contributed by atoms with E-state index in [-0.39, 0.29) is 16.3 Å². The van der Waals surface area contributed by atoms with Gasteiger partial charge in [0.2, 0.25) is 12.4 Å². The highest BCUT2D eigenvalue weighted by Crippen LogP contribution is 2.42. The lowest BCUT2D eigenvalue weighted by molar-refractivity contribution is -0.754. The number of halogens is 4. The molecule has 13 heteroatoms. The number of rotatable bonds is 6. The Morgan fingerprint density at radius 1 is 1.25 bits per heavy atom. The zero-order valence-corrected chi connectivity index (χ0v) is 18.1. The van der Waals surface area contributed by atoms with E-state index in [4.69, 9.17) is 21.1 Å². The second kappa shape index (κ2) is 9.23. The molecule has 176 valence electrons. The van der Waals surface area contributed by atoms with Crippen LogP contribution in [0.1, 0.15) is 38.8 Å². The Labute approximate surface area is 185 Å². The maximum Gasteiger partial charge on any atom is 0.430 e. The number of nitrogens with zero attached hydrogens (tertiary/aromatic N) is 1. The molecule has 1 aliphatic heterocycles. The third-order valence-electron chi connectivity index (χ3n) is 4.14. The fourth-order valence-electron chi connectivity index (χ4n) is 2.77. The summed E-state index contributed by atoms with van der Waals surface area (Å²) in [6.07, 6.45) is -8.34. The van der Waals surface area contributed by atoms with E-state index in [0.29, 0.717) is 5.56 Å². The largest absolute Gasteiger partial charge is 0.475 e. The van der Waals surface area contributed by atoms with Gasteiger partial charge in [-0.25, -0.2) is 9.59 Å². The molecule has 0 amide bonds. The van der Waals surface area contributed by atoms with Gasteiger partial charge in [-0.15, -0.1) is 10.1 Å². The van der Waals surface area contributed by atoms with Crippen molar-refractivity contribution in [1.29, 1.82) is 0 Å². The molecule has 0 radical (unpaired) electrons. The maximum atomic E-state index is 13.6. The number of ether oxygens (including phenoxy) is 3. The van der Waals surface area contributed by atoms with Gasteiger partial charge in [0.15, 0.2) is 6.61 Å². The summed E-state index contributed by atoms with van der Waals surface area (Å²) < 4.78 is 55.2. The molecule has 0 spiro atoms. The molecule has 1 aromatic rings. The lowest BCUT2D eigenvalue weighted by Gasteiger charge is -2.30. The zero-order valence-electron chi connectivity index (χ0n) is 17.3. The van der Waals surface area contributed by atoms with Crippen LogP contribution in [-0.4, -0.2) is 42.2 Å². The predicted octanol–water partition coefficient (Wildman–Crippen LogP) is 3.98. The van der Waals surface area contributed by atoms with Crippen LogP contribution in [-0.2, 0) is 29.3 Å². The first-order chi connectivity index (χ1) is 14.6. The molecule has 0 fully saturated rings. The molecule has 1 heterocycles. The van der Waals surface area contributed by atoms with Crippen LogP contribution in [0.15, 0.2) is 17.7 Å². The molecule has 1 aromatic carbocycles. The maximum absolute atomic E-state index is 13.6. The van der Waals surface area contributed by atoms with E-state index in [0.717, 1.165) is 13.0 Å². The Kier molecular flexibility index (Phi) is 7.28. The molecule has 0 aromatic heterocycles. The Hall–Kier alpha value is -3.02. The first-order valence-electron chi connectivity index (χ1n) is 9.06. The number of benzene rings is 1. The monoisotopic (exact) mass is 481 g/mol. The van der Waals surface area contributed by atoms with Gasteiger partial charge in [-0.2, -0.15) is 13.2 Å². The van der Waals surface area contributed by atoms with Crippen molar-refractivity contribution in [2.45, 2.75) is 51.7 Å². The third kappa shape index (κ3) is 6.25. The Balaban J connectivity index is 2.30. The van der Waals surface area contributed by atoms with Crippen LogP contribution in [0.2, 0.25) is 5.02 Å². The number of carbonyl (C=O) groups excluding carboxylic acids is 2. The molecule has 1 aliphatic rings. The average Bonchev–Trinajstić information content (AvgIpc) is 2.62. The molecule has 0 bridgehead atoms. The highest BCUT2D eigenvalue weighted by Gasteiger charge is 2.49. The number of alkyl halides is 3. The second-order valence-corrected chi connectivity index (χ2v) is 8.13. The van der Waals surface area contributed by atoms with Gasteiger partial charge in [-0.1, -0.05) is 32.4 Å². The highest BCUT2D eigenvalue weighted by atomic mass is 35.5. The molecule has 1 unspecified atom stereocenters. The predicted molar refractivity (Wildman–Crippen MR) is 103 cm³/mol. The van der Waals surface area contributed by atoms with Crippen molar-refractivity contribution in [3.05, 3.63) is 44.0 Å². The quantitative estimate of drug-likeness (QED) is 0.259. The minimum absolute atomic E-state index is 0.116. The van der Waals surface area contributed by atoms with Crippen LogP contribution in [0.4, 0.5) is 13.2 Å². The van der Waals surface area contributed by atoms with E-state index in [1.165, 1.54) is 12.1 Å². The lowest BCUT2D eigenvalue weighted by atomic mass is 9.85. The van der Waals surface area contributed by atoms with Crippen LogP contribution in [0.3, 0.4) is 0 Å². The number of hydrogen-bond donors (Lipinski definition) is 0. The van der Waals surface area contributed by atoms with Crippen molar-refractivity contribution in [1.82, 2.24) is 0 Å². The van der Waals surface area contributed by atoms with E-state index in [1.54, 1.807) is 0 Å². The minimum Gasteiger partial charge on any atom is -0.475 e. The van der Waals surface area contributed by atoms with Crippen molar-refractivity contribution in [2.75, 3.05) is 6.61 Å². The van der Waals surface area contributed by atoms with Gasteiger partial charge in [0.05, 0.1) is 5.57 Å². The summed E-state index contributed by atoms with van der Waals surface area (Å²) in [5.74, 6) is -2.85. The summed E-state index contributed by atoms with van der Waals surface area (Å²) >= 11 is 6.25. The SMILES string of the molecule is C[C@H](OC(=O)CO[N+](=O)[O-])OC(=O)C1=Cc2cc(Cl)c(C(C)(C)C)cc2OC1C(F)(F)F. The van der Waals surface area contributed by atoms with Gasteiger partial charge in [0.25, 0.3) is 5.09 Å². The first kappa shape index (κ1) is 25.2. The van der Waals surface area contributed by atoms with E-state index >= 15 is 0 Å². The van der Waals surface area contributed by atoms with Gasteiger partial charge in [0.1, 0.15) is 5.75 Å². The summed E-state index contributed by atoms with van der Waals surface area (Å²) in [5, 5.41) is 9.08. The first-order valence-corrected chi connectivity index (χ1v) is 9.44. The summed E-state index contributed by atoms with van der Waals surface area (Å²) in [7, 11) is 0. The number of fused-ring (bicyclic) bond motifs is 1. The second-order valence-electron chi connectivity index (χ2n) is 7.72. The van der Waals surface area contributed by atoms with Gasteiger partial charge in [-0.3, -0.25) is 0 Å². The average molecular weight is 482 g/mol. The van der Waals surface area contributed by atoms with Crippen LogP contribution in [0.25, 0.3) is 6.08 Å².